The second-order valence-electron chi connectivity index (χ2n) is 5.99. The number of carbonyl (C=O) groups is 1. The third-order valence-electron chi connectivity index (χ3n) is 4.36. The van der Waals surface area contributed by atoms with E-state index in [9.17, 15) is 14.9 Å². The van der Waals surface area contributed by atoms with Crippen molar-refractivity contribution in [3.05, 3.63) is 52.1 Å². The first-order chi connectivity index (χ1) is 12.5. The maximum absolute atomic E-state index is 13.1. The molecule has 3 rings (SSSR count). The van der Waals surface area contributed by atoms with Crippen molar-refractivity contribution in [2.75, 3.05) is 26.2 Å². The molecule has 2 heterocycles. The van der Waals surface area contributed by atoms with Crippen LogP contribution in [0.1, 0.15) is 29.1 Å². The Morgan fingerprint density at radius 2 is 2.26 bits per heavy atom. The molecule has 146 valence electrons. The van der Waals surface area contributed by atoms with E-state index in [2.05, 4.69) is 10.3 Å². The summed E-state index contributed by atoms with van der Waals surface area (Å²) in [5, 5.41) is 14.6. The molecular formula is C17H22ClN5O4. The average Bonchev–Trinajstić information content (AvgIpc) is 3.07. The number of ether oxygens (including phenoxy) is 1. The predicted molar refractivity (Wildman–Crippen MR) is 101 cm³/mol. The Morgan fingerprint density at radius 3 is 2.89 bits per heavy atom. The van der Waals surface area contributed by atoms with E-state index in [1.807, 2.05) is 17.8 Å². The summed E-state index contributed by atoms with van der Waals surface area (Å²) in [4.78, 5) is 29.9. The Labute approximate surface area is 162 Å². The highest BCUT2D eigenvalue weighted by atomic mass is 35.5. The minimum Gasteiger partial charge on any atom is -0.487 e. The Morgan fingerprint density at radius 1 is 1.48 bits per heavy atom. The van der Waals surface area contributed by atoms with Gasteiger partial charge in [-0.1, -0.05) is 0 Å². The molecule has 1 aliphatic rings. The van der Waals surface area contributed by atoms with E-state index in [1.165, 1.54) is 12.1 Å². The maximum Gasteiger partial charge on any atom is 0.311 e. The Bertz CT molecular complexity index is 825. The van der Waals surface area contributed by atoms with Gasteiger partial charge in [0, 0.05) is 50.7 Å². The molecule has 2 aromatic rings. The zero-order valence-electron chi connectivity index (χ0n) is 15.1. The third-order valence-corrected chi connectivity index (χ3v) is 4.36. The van der Waals surface area contributed by atoms with Crippen molar-refractivity contribution in [2.24, 2.45) is 7.05 Å². The summed E-state index contributed by atoms with van der Waals surface area (Å²) in [6.45, 7) is 3.80. The lowest BCUT2D eigenvalue weighted by atomic mass is 10.1. The first-order valence-electron chi connectivity index (χ1n) is 8.43. The smallest absolute Gasteiger partial charge is 0.311 e. The summed E-state index contributed by atoms with van der Waals surface area (Å²) >= 11 is 0. The lowest BCUT2D eigenvalue weighted by Crippen LogP contribution is -2.49. The van der Waals surface area contributed by atoms with E-state index in [0.29, 0.717) is 26.2 Å². The van der Waals surface area contributed by atoms with E-state index in [-0.39, 0.29) is 41.4 Å². The average molecular weight is 396 g/mol. The third kappa shape index (κ3) is 4.20. The van der Waals surface area contributed by atoms with Gasteiger partial charge in [0.05, 0.1) is 11.5 Å². The zero-order chi connectivity index (χ0) is 18.7. The molecule has 1 aromatic heterocycles. The van der Waals surface area contributed by atoms with Crippen molar-refractivity contribution in [3.63, 3.8) is 0 Å². The number of nitrogens with one attached hydrogen (secondary N) is 1. The molecule has 1 atom stereocenters. The Kier molecular flexibility index (Phi) is 6.75. The predicted octanol–water partition coefficient (Wildman–Crippen LogP) is 1.94. The number of amides is 1. The summed E-state index contributed by atoms with van der Waals surface area (Å²) in [7, 11) is 1.88. The summed E-state index contributed by atoms with van der Waals surface area (Å²) < 4.78 is 7.16. The fourth-order valence-corrected chi connectivity index (χ4v) is 3.11. The molecule has 1 saturated heterocycles. The lowest BCUT2D eigenvalue weighted by Gasteiger charge is -2.35. The monoisotopic (exact) mass is 395 g/mol. The SMILES string of the molecule is CCOc1ccc(C(=O)N2CCNCC2c2nccn2C)cc1[N+](=O)[O-].Cl. The highest BCUT2D eigenvalue weighted by molar-refractivity contribution is 5.95. The minimum absolute atomic E-state index is 0. The van der Waals surface area contributed by atoms with Crippen LogP contribution >= 0.6 is 12.4 Å². The largest absolute Gasteiger partial charge is 0.487 e. The number of carbonyl (C=O) groups excluding carboxylic acids is 1. The number of rotatable bonds is 5. The molecule has 1 N–H and O–H groups in total. The number of nitro benzene ring substituents is 1. The number of aryl methyl sites for hydroxylation is 1. The number of piperazine rings is 1. The van der Waals surface area contributed by atoms with Gasteiger partial charge in [0.2, 0.25) is 0 Å². The number of benzene rings is 1. The quantitative estimate of drug-likeness (QED) is 0.613. The molecule has 0 spiro atoms. The molecule has 10 heteroatoms. The van der Waals surface area contributed by atoms with Crippen LogP contribution in [0, 0.1) is 10.1 Å². The van der Waals surface area contributed by atoms with E-state index in [1.54, 1.807) is 24.1 Å². The number of halogens is 1. The molecule has 1 aromatic carbocycles. The highest BCUT2D eigenvalue weighted by Crippen LogP contribution is 2.30. The lowest BCUT2D eigenvalue weighted by molar-refractivity contribution is -0.385. The van der Waals surface area contributed by atoms with Crippen LogP contribution in [0.2, 0.25) is 0 Å². The van der Waals surface area contributed by atoms with Crippen LogP contribution < -0.4 is 10.1 Å². The fraction of sp³-hybridized carbons (Fsp3) is 0.412. The van der Waals surface area contributed by atoms with Crippen LogP contribution in [-0.2, 0) is 7.05 Å². The van der Waals surface area contributed by atoms with Crippen molar-refractivity contribution in [2.45, 2.75) is 13.0 Å². The molecule has 0 saturated carbocycles. The van der Waals surface area contributed by atoms with Gasteiger partial charge < -0.3 is 19.5 Å². The summed E-state index contributed by atoms with van der Waals surface area (Å²) in [6.07, 6.45) is 3.52. The number of aromatic nitrogens is 2. The van der Waals surface area contributed by atoms with Crippen LogP contribution in [0.5, 0.6) is 5.75 Å². The fourth-order valence-electron chi connectivity index (χ4n) is 3.11. The first-order valence-corrected chi connectivity index (χ1v) is 8.43. The second kappa shape index (κ2) is 8.83. The molecule has 0 aliphatic carbocycles. The van der Waals surface area contributed by atoms with Gasteiger partial charge in [-0.05, 0) is 19.1 Å². The van der Waals surface area contributed by atoms with E-state index >= 15 is 0 Å². The first kappa shape index (κ1) is 20.7. The van der Waals surface area contributed by atoms with Crippen LogP contribution in [0.15, 0.2) is 30.6 Å². The van der Waals surface area contributed by atoms with Crippen molar-refractivity contribution >= 4 is 24.0 Å². The van der Waals surface area contributed by atoms with Crippen LogP contribution in [0.3, 0.4) is 0 Å². The molecule has 1 fully saturated rings. The molecular weight excluding hydrogens is 374 g/mol. The van der Waals surface area contributed by atoms with Crippen LogP contribution in [0.4, 0.5) is 5.69 Å². The van der Waals surface area contributed by atoms with Crippen LogP contribution in [-0.4, -0.2) is 51.5 Å². The van der Waals surface area contributed by atoms with Crippen molar-refractivity contribution in [1.82, 2.24) is 19.8 Å². The molecule has 1 aliphatic heterocycles. The van der Waals surface area contributed by atoms with Gasteiger partial charge in [0.15, 0.2) is 5.75 Å². The number of nitrogens with zero attached hydrogens (tertiary/aromatic N) is 4. The summed E-state index contributed by atoms with van der Waals surface area (Å²) in [5.74, 6) is 0.673. The number of imidazole rings is 1. The van der Waals surface area contributed by atoms with Gasteiger partial charge in [0.25, 0.3) is 5.91 Å². The standard InChI is InChI=1S/C17H21N5O4.ClH/c1-3-26-15-5-4-12(10-13(15)22(24)25)17(23)21-9-6-18-11-14(21)16-19-7-8-20(16)2;/h4-5,7-8,10,14,18H,3,6,9,11H2,1-2H3;1H. The molecule has 1 amide bonds. The number of hydrogen-bond donors (Lipinski definition) is 1. The highest BCUT2D eigenvalue weighted by Gasteiger charge is 2.32. The molecule has 9 nitrogen and oxygen atoms in total. The summed E-state index contributed by atoms with van der Waals surface area (Å²) in [5.41, 5.74) is 0.0580. The van der Waals surface area contributed by atoms with Crippen molar-refractivity contribution in [1.29, 1.82) is 0 Å². The topological polar surface area (TPSA) is 103 Å². The van der Waals surface area contributed by atoms with Gasteiger partial charge >= 0.3 is 5.69 Å². The van der Waals surface area contributed by atoms with Gasteiger partial charge in [-0.3, -0.25) is 14.9 Å². The number of hydrogen-bond acceptors (Lipinski definition) is 6. The normalized spacial score (nSPS) is 16.5. The Balaban J connectivity index is 0.00000261. The minimum atomic E-state index is -0.532. The van der Waals surface area contributed by atoms with E-state index < -0.39 is 4.92 Å². The Hall–Kier alpha value is -2.65. The molecule has 0 bridgehead atoms. The number of nitro groups is 1. The molecule has 1 unspecified atom stereocenters. The second-order valence-corrected chi connectivity index (χ2v) is 5.99. The molecule has 27 heavy (non-hydrogen) atoms. The summed E-state index contributed by atoms with van der Waals surface area (Å²) in [6, 6.07) is 4.09. The van der Waals surface area contributed by atoms with Crippen molar-refractivity contribution in [3.8, 4) is 5.75 Å². The van der Waals surface area contributed by atoms with Crippen LogP contribution in [0.25, 0.3) is 0 Å². The van der Waals surface area contributed by atoms with Gasteiger partial charge in [0.1, 0.15) is 11.9 Å². The van der Waals surface area contributed by atoms with Gasteiger partial charge in [-0.15, -0.1) is 12.4 Å². The van der Waals surface area contributed by atoms with Gasteiger partial charge in [-0.25, -0.2) is 4.98 Å². The van der Waals surface area contributed by atoms with Gasteiger partial charge in [-0.2, -0.15) is 0 Å². The van der Waals surface area contributed by atoms with E-state index in [4.69, 9.17) is 4.74 Å². The van der Waals surface area contributed by atoms with Crippen molar-refractivity contribution < 1.29 is 14.5 Å². The zero-order valence-corrected chi connectivity index (χ0v) is 15.9. The van der Waals surface area contributed by atoms with E-state index in [0.717, 1.165) is 5.82 Å². The molecule has 0 radical (unpaired) electrons. The maximum atomic E-state index is 13.1.